The Balaban J connectivity index is 0.000000362. The molecule has 0 bridgehead atoms. The fourth-order valence-corrected chi connectivity index (χ4v) is 2.45. The standard InChI is InChI=1S/C16H24O3.C6H6O3/c1-2-3-4-5-6-7-8-14(18)9-10-15-11-12-16(13-17)19-15;7-3-5-1-2-6(4-8)9-5/h9-12,17H,2-8,13H2,1H3;1-3,8H,4H2/b10-9+;. The van der Waals surface area contributed by atoms with Gasteiger partial charge in [0.2, 0.25) is 0 Å². The van der Waals surface area contributed by atoms with Crippen LogP contribution in [0.1, 0.15) is 79.7 Å². The highest BCUT2D eigenvalue weighted by molar-refractivity contribution is 5.93. The summed E-state index contributed by atoms with van der Waals surface area (Å²) in [5, 5.41) is 17.3. The lowest BCUT2D eigenvalue weighted by Gasteiger charge is -1.98. The molecule has 0 atom stereocenters. The van der Waals surface area contributed by atoms with E-state index in [1.54, 1.807) is 30.4 Å². The second-order valence-corrected chi connectivity index (χ2v) is 6.36. The lowest BCUT2D eigenvalue weighted by atomic mass is 10.1. The summed E-state index contributed by atoms with van der Waals surface area (Å²) in [5.74, 6) is 1.93. The van der Waals surface area contributed by atoms with E-state index in [0.29, 0.717) is 30.0 Å². The number of aliphatic hydroxyl groups is 2. The molecule has 2 N–H and O–H groups in total. The zero-order chi connectivity index (χ0) is 20.6. The Morgan fingerprint density at radius 1 is 0.893 bits per heavy atom. The van der Waals surface area contributed by atoms with Crippen molar-refractivity contribution >= 4 is 18.1 Å². The van der Waals surface area contributed by atoms with Crippen molar-refractivity contribution in [2.24, 2.45) is 0 Å². The molecule has 2 heterocycles. The van der Waals surface area contributed by atoms with Crippen molar-refractivity contribution in [3.63, 3.8) is 0 Å². The van der Waals surface area contributed by atoms with Gasteiger partial charge in [0.1, 0.15) is 30.5 Å². The van der Waals surface area contributed by atoms with Crippen LogP contribution in [-0.4, -0.2) is 22.3 Å². The predicted molar refractivity (Wildman–Crippen MR) is 107 cm³/mol. The van der Waals surface area contributed by atoms with Crippen molar-refractivity contribution in [1.29, 1.82) is 0 Å². The minimum atomic E-state index is -0.159. The molecular formula is C22H30O6. The smallest absolute Gasteiger partial charge is 0.185 e. The van der Waals surface area contributed by atoms with Gasteiger partial charge in [-0.2, -0.15) is 0 Å². The van der Waals surface area contributed by atoms with Gasteiger partial charge in [0, 0.05) is 6.42 Å². The summed E-state index contributed by atoms with van der Waals surface area (Å²) in [5.41, 5.74) is 0. The Hall–Kier alpha value is -2.44. The average Bonchev–Trinajstić information content (AvgIpc) is 3.38. The second-order valence-electron chi connectivity index (χ2n) is 6.36. The molecule has 2 aromatic rings. The minimum absolute atomic E-state index is 0.112. The Morgan fingerprint density at radius 3 is 2.00 bits per heavy atom. The van der Waals surface area contributed by atoms with Gasteiger partial charge in [0.05, 0.1) is 0 Å². The molecule has 0 aliphatic rings. The van der Waals surface area contributed by atoms with E-state index in [1.165, 1.54) is 31.7 Å². The van der Waals surface area contributed by atoms with Crippen molar-refractivity contribution in [2.75, 3.05) is 0 Å². The summed E-state index contributed by atoms with van der Waals surface area (Å²) in [4.78, 5) is 21.6. The van der Waals surface area contributed by atoms with Gasteiger partial charge in [-0.05, 0) is 42.8 Å². The molecule has 0 fully saturated rings. The zero-order valence-electron chi connectivity index (χ0n) is 16.4. The van der Waals surface area contributed by atoms with E-state index in [1.807, 2.05) is 0 Å². The fourth-order valence-electron chi connectivity index (χ4n) is 2.45. The van der Waals surface area contributed by atoms with Crippen LogP contribution in [0.2, 0.25) is 0 Å². The van der Waals surface area contributed by atoms with Gasteiger partial charge < -0.3 is 19.0 Å². The van der Waals surface area contributed by atoms with Crippen molar-refractivity contribution in [3.05, 3.63) is 53.4 Å². The van der Waals surface area contributed by atoms with Crippen molar-refractivity contribution in [3.8, 4) is 0 Å². The number of unbranched alkanes of at least 4 members (excludes halogenated alkanes) is 5. The second kappa shape index (κ2) is 14.6. The number of rotatable bonds is 12. The molecule has 6 nitrogen and oxygen atoms in total. The van der Waals surface area contributed by atoms with E-state index in [9.17, 15) is 9.59 Å². The highest BCUT2D eigenvalue weighted by Gasteiger charge is 2.00. The maximum absolute atomic E-state index is 11.6. The summed E-state index contributed by atoms with van der Waals surface area (Å²) in [7, 11) is 0. The van der Waals surface area contributed by atoms with Crippen molar-refractivity contribution < 1.29 is 28.6 Å². The number of carbonyl (C=O) groups excluding carboxylic acids is 2. The molecule has 154 valence electrons. The molecule has 2 aromatic heterocycles. The summed E-state index contributed by atoms with van der Waals surface area (Å²) in [6, 6.07) is 6.53. The molecule has 28 heavy (non-hydrogen) atoms. The summed E-state index contributed by atoms with van der Waals surface area (Å²) in [6.07, 6.45) is 11.6. The first kappa shape index (κ1) is 23.6. The van der Waals surface area contributed by atoms with E-state index in [2.05, 4.69) is 6.92 Å². The van der Waals surface area contributed by atoms with Crippen LogP contribution < -0.4 is 0 Å². The van der Waals surface area contributed by atoms with Crippen LogP contribution in [0.5, 0.6) is 0 Å². The number of ketones is 1. The molecule has 2 rings (SSSR count). The van der Waals surface area contributed by atoms with Gasteiger partial charge in [-0.15, -0.1) is 0 Å². The molecule has 0 spiro atoms. The number of furan rings is 2. The minimum Gasteiger partial charge on any atom is -0.459 e. The van der Waals surface area contributed by atoms with Gasteiger partial charge in [0.15, 0.2) is 17.8 Å². The Kier molecular flexibility index (Phi) is 12.3. The first-order valence-corrected chi connectivity index (χ1v) is 9.68. The number of aliphatic hydroxyl groups excluding tert-OH is 2. The van der Waals surface area contributed by atoms with Crippen molar-refractivity contribution in [1.82, 2.24) is 0 Å². The number of hydrogen-bond acceptors (Lipinski definition) is 6. The largest absolute Gasteiger partial charge is 0.459 e. The Labute approximate surface area is 165 Å². The number of hydrogen-bond donors (Lipinski definition) is 2. The van der Waals surface area contributed by atoms with Gasteiger partial charge in [-0.25, -0.2) is 0 Å². The van der Waals surface area contributed by atoms with E-state index in [4.69, 9.17) is 19.0 Å². The molecule has 0 saturated carbocycles. The van der Waals surface area contributed by atoms with Crippen LogP contribution in [0.15, 0.2) is 39.2 Å². The van der Waals surface area contributed by atoms with Gasteiger partial charge in [-0.1, -0.05) is 39.0 Å². The Morgan fingerprint density at radius 2 is 1.46 bits per heavy atom. The highest BCUT2D eigenvalue weighted by atomic mass is 16.4. The Bertz CT molecular complexity index is 710. The highest BCUT2D eigenvalue weighted by Crippen LogP contribution is 2.11. The lowest BCUT2D eigenvalue weighted by molar-refractivity contribution is -0.114. The van der Waals surface area contributed by atoms with Gasteiger partial charge >= 0.3 is 0 Å². The fraction of sp³-hybridized carbons (Fsp3) is 0.455. The first-order chi connectivity index (χ1) is 13.6. The van der Waals surface area contributed by atoms with Crippen LogP contribution in [-0.2, 0) is 18.0 Å². The predicted octanol–water partition coefficient (Wildman–Crippen LogP) is 4.69. The monoisotopic (exact) mass is 390 g/mol. The summed E-state index contributed by atoms with van der Waals surface area (Å²) in [6.45, 7) is 1.93. The normalized spacial score (nSPS) is 10.7. The van der Waals surface area contributed by atoms with Gasteiger partial charge in [-0.3, -0.25) is 9.59 Å². The average molecular weight is 390 g/mol. The zero-order valence-corrected chi connectivity index (χ0v) is 16.4. The molecule has 0 aliphatic heterocycles. The van der Waals surface area contributed by atoms with E-state index in [0.717, 1.165) is 12.8 Å². The van der Waals surface area contributed by atoms with Crippen LogP contribution in [0, 0.1) is 0 Å². The number of carbonyl (C=O) groups is 2. The van der Waals surface area contributed by atoms with E-state index >= 15 is 0 Å². The lowest BCUT2D eigenvalue weighted by Crippen LogP contribution is -1.92. The molecule has 0 saturated heterocycles. The molecule has 6 heteroatoms. The molecule has 0 amide bonds. The third kappa shape index (κ3) is 10.0. The molecular weight excluding hydrogens is 360 g/mol. The quantitative estimate of drug-likeness (QED) is 0.310. The third-order valence-corrected chi connectivity index (χ3v) is 4.00. The van der Waals surface area contributed by atoms with Crippen LogP contribution in [0.4, 0.5) is 0 Å². The molecule has 0 aromatic carbocycles. The number of allylic oxidation sites excluding steroid dienone is 1. The topological polar surface area (TPSA) is 101 Å². The molecule has 0 unspecified atom stereocenters. The SMILES string of the molecule is CCCCCCCCC(=O)/C=C/c1ccc(CO)o1.O=Cc1ccc(CO)o1. The maximum Gasteiger partial charge on any atom is 0.185 e. The number of aldehydes is 1. The first-order valence-electron chi connectivity index (χ1n) is 9.68. The molecule has 0 radical (unpaired) electrons. The summed E-state index contributed by atoms with van der Waals surface area (Å²) < 4.78 is 10.0. The van der Waals surface area contributed by atoms with Crippen LogP contribution >= 0.6 is 0 Å². The third-order valence-electron chi connectivity index (χ3n) is 4.00. The van der Waals surface area contributed by atoms with Crippen LogP contribution in [0.25, 0.3) is 6.08 Å². The maximum atomic E-state index is 11.6. The summed E-state index contributed by atoms with van der Waals surface area (Å²) >= 11 is 0. The van der Waals surface area contributed by atoms with E-state index in [-0.39, 0.29) is 24.8 Å². The van der Waals surface area contributed by atoms with Crippen LogP contribution in [0.3, 0.4) is 0 Å². The van der Waals surface area contributed by atoms with Gasteiger partial charge in [0.25, 0.3) is 0 Å². The van der Waals surface area contributed by atoms with E-state index < -0.39 is 0 Å². The molecule has 0 aliphatic carbocycles. The van der Waals surface area contributed by atoms with Crippen molar-refractivity contribution in [2.45, 2.75) is 65.1 Å².